The molecule has 0 fully saturated rings. The first-order chi connectivity index (χ1) is 15.9. The van der Waals surface area contributed by atoms with Crippen LogP contribution in [0.2, 0.25) is 5.02 Å². The van der Waals surface area contributed by atoms with Gasteiger partial charge in [-0.3, -0.25) is 0 Å². The molecule has 5 nitrogen and oxygen atoms in total. The number of benzene rings is 3. The Hall–Kier alpha value is -3.33. The summed E-state index contributed by atoms with van der Waals surface area (Å²) >= 11 is 5.88. The molecule has 0 aliphatic rings. The van der Waals surface area contributed by atoms with Gasteiger partial charge in [-0.25, -0.2) is 4.79 Å². The Morgan fingerprint density at radius 3 is 2.42 bits per heavy atom. The first-order valence-corrected chi connectivity index (χ1v) is 11.4. The molecule has 1 unspecified atom stereocenters. The number of nitriles is 1. The van der Waals surface area contributed by atoms with Gasteiger partial charge in [0, 0.05) is 23.5 Å². The Balaban J connectivity index is 1.67. The van der Waals surface area contributed by atoms with Gasteiger partial charge < -0.3 is 15.4 Å². The van der Waals surface area contributed by atoms with Gasteiger partial charge in [0.05, 0.1) is 11.6 Å². The lowest BCUT2D eigenvalue weighted by molar-refractivity contribution is 0.199. The Kier molecular flexibility index (Phi) is 8.88. The van der Waals surface area contributed by atoms with Crippen LogP contribution in [0.3, 0.4) is 0 Å². The minimum atomic E-state index is -0.496. The molecular formula is C27H28ClN3O2. The summed E-state index contributed by atoms with van der Waals surface area (Å²) in [6.07, 6.45) is 0.368. The lowest BCUT2D eigenvalue weighted by Crippen LogP contribution is -2.33. The van der Waals surface area contributed by atoms with Crippen molar-refractivity contribution in [3.63, 3.8) is 0 Å². The Labute approximate surface area is 200 Å². The molecule has 6 heteroatoms. The first kappa shape index (κ1) is 24.3. The van der Waals surface area contributed by atoms with Crippen molar-refractivity contribution in [1.82, 2.24) is 10.6 Å². The summed E-state index contributed by atoms with van der Waals surface area (Å²) < 4.78 is 5.35. The lowest BCUT2D eigenvalue weighted by atomic mass is 9.93. The van der Waals surface area contributed by atoms with E-state index >= 15 is 0 Å². The number of halogens is 1. The van der Waals surface area contributed by atoms with Gasteiger partial charge in [0.2, 0.25) is 0 Å². The summed E-state index contributed by atoms with van der Waals surface area (Å²) in [7, 11) is 0. The van der Waals surface area contributed by atoms with E-state index in [4.69, 9.17) is 21.6 Å². The molecule has 1 atom stereocenters. The highest BCUT2D eigenvalue weighted by Gasteiger charge is 2.15. The van der Waals surface area contributed by atoms with Crippen molar-refractivity contribution < 1.29 is 9.53 Å². The van der Waals surface area contributed by atoms with Crippen LogP contribution < -0.4 is 15.4 Å². The molecule has 0 heterocycles. The second kappa shape index (κ2) is 12.1. The smallest absolute Gasteiger partial charge is 0.410 e. The summed E-state index contributed by atoms with van der Waals surface area (Å²) in [5, 5.41) is 16.1. The molecule has 3 aromatic carbocycles. The van der Waals surface area contributed by atoms with Crippen molar-refractivity contribution in [2.24, 2.45) is 0 Å². The highest BCUT2D eigenvalue weighted by Crippen LogP contribution is 2.25. The van der Waals surface area contributed by atoms with Gasteiger partial charge in [0.15, 0.2) is 0 Å². The molecule has 3 aromatic rings. The monoisotopic (exact) mass is 461 g/mol. The number of nitrogens with zero attached hydrogens (tertiary/aromatic N) is 1. The maximum absolute atomic E-state index is 12.3. The van der Waals surface area contributed by atoms with E-state index in [1.165, 1.54) is 0 Å². The number of rotatable bonds is 9. The molecule has 0 bridgehead atoms. The van der Waals surface area contributed by atoms with E-state index in [0.29, 0.717) is 28.9 Å². The molecule has 0 saturated carbocycles. The zero-order valence-corrected chi connectivity index (χ0v) is 19.6. The fourth-order valence-corrected chi connectivity index (χ4v) is 3.63. The fraction of sp³-hybridized carbons (Fsp3) is 0.259. The zero-order chi connectivity index (χ0) is 23.6. The van der Waals surface area contributed by atoms with Crippen LogP contribution in [0.4, 0.5) is 4.79 Å². The Morgan fingerprint density at radius 1 is 1.03 bits per heavy atom. The van der Waals surface area contributed by atoms with Crippen molar-refractivity contribution in [2.75, 3.05) is 13.1 Å². The standard InChI is InChI=1S/C27H28ClN3O2/c1-19(2)30-15-14-24(18-31-27(32)33-26-12-10-25(28)11-13-26)22-8-6-21(7-9-22)23-5-3-4-20(16-23)17-29/h3-13,16,19,24,30H,14-15,18H2,1-2H3,(H,31,32). The first-order valence-electron chi connectivity index (χ1n) is 11.0. The van der Waals surface area contributed by atoms with Crippen molar-refractivity contribution >= 4 is 17.7 Å². The summed E-state index contributed by atoms with van der Waals surface area (Å²) in [4.78, 5) is 12.3. The van der Waals surface area contributed by atoms with E-state index in [-0.39, 0.29) is 5.92 Å². The number of amides is 1. The topological polar surface area (TPSA) is 74.2 Å². The molecular weight excluding hydrogens is 434 g/mol. The highest BCUT2D eigenvalue weighted by molar-refractivity contribution is 6.30. The van der Waals surface area contributed by atoms with E-state index in [9.17, 15) is 4.79 Å². The van der Waals surface area contributed by atoms with Gasteiger partial charge in [-0.05, 0) is 66.1 Å². The number of hydrogen-bond acceptors (Lipinski definition) is 4. The predicted octanol–water partition coefficient (Wildman–Crippen LogP) is 6.14. The average molecular weight is 462 g/mol. The molecule has 3 rings (SSSR count). The van der Waals surface area contributed by atoms with Crippen LogP contribution >= 0.6 is 11.6 Å². The molecule has 0 aliphatic carbocycles. The SMILES string of the molecule is CC(C)NCCC(CNC(=O)Oc1ccc(Cl)cc1)c1ccc(-c2cccc(C#N)c2)cc1. The molecule has 170 valence electrons. The number of nitrogens with one attached hydrogen (secondary N) is 2. The predicted molar refractivity (Wildman–Crippen MR) is 133 cm³/mol. The lowest BCUT2D eigenvalue weighted by Gasteiger charge is -2.20. The normalized spacial score (nSPS) is 11.6. The van der Waals surface area contributed by atoms with E-state index in [1.54, 1.807) is 30.3 Å². The zero-order valence-electron chi connectivity index (χ0n) is 18.8. The molecule has 2 N–H and O–H groups in total. The largest absolute Gasteiger partial charge is 0.412 e. The van der Waals surface area contributed by atoms with Gasteiger partial charge >= 0.3 is 6.09 Å². The summed E-state index contributed by atoms with van der Waals surface area (Å²) in [5.41, 5.74) is 3.82. The van der Waals surface area contributed by atoms with Crippen LogP contribution in [0, 0.1) is 11.3 Å². The minimum Gasteiger partial charge on any atom is -0.410 e. The maximum atomic E-state index is 12.3. The van der Waals surface area contributed by atoms with Crippen LogP contribution in [0.5, 0.6) is 5.75 Å². The van der Waals surface area contributed by atoms with Crippen LogP contribution in [0.25, 0.3) is 11.1 Å². The summed E-state index contributed by atoms with van der Waals surface area (Å²) in [6.45, 7) is 5.51. The molecule has 1 amide bonds. The van der Waals surface area contributed by atoms with Crippen LogP contribution in [-0.4, -0.2) is 25.2 Å². The number of carbonyl (C=O) groups excluding carboxylic acids is 1. The van der Waals surface area contributed by atoms with E-state index in [2.05, 4.69) is 54.8 Å². The van der Waals surface area contributed by atoms with Gasteiger partial charge in [-0.1, -0.05) is 61.8 Å². The Morgan fingerprint density at radius 2 is 1.76 bits per heavy atom. The molecule has 0 spiro atoms. The van der Waals surface area contributed by atoms with E-state index in [0.717, 1.165) is 29.7 Å². The third-order valence-corrected chi connectivity index (χ3v) is 5.52. The van der Waals surface area contributed by atoms with Gasteiger partial charge in [-0.2, -0.15) is 5.26 Å². The second-order valence-corrected chi connectivity index (χ2v) is 8.57. The van der Waals surface area contributed by atoms with Crippen LogP contribution in [0.1, 0.15) is 37.3 Å². The van der Waals surface area contributed by atoms with Gasteiger partial charge in [-0.15, -0.1) is 0 Å². The van der Waals surface area contributed by atoms with Crippen molar-refractivity contribution in [1.29, 1.82) is 5.26 Å². The van der Waals surface area contributed by atoms with E-state index in [1.807, 2.05) is 18.2 Å². The van der Waals surface area contributed by atoms with Crippen molar-refractivity contribution in [2.45, 2.75) is 32.2 Å². The molecule has 0 aromatic heterocycles. The summed E-state index contributed by atoms with van der Waals surface area (Å²) in [5.74, 6) is 0.562. The maximum Gasteiger partial charge on any atom is 0.412 e. The minimum absolute atomic E-state index is 0.119. The van der Waals surface area contributed by atoms with E-state index < -0.39 is 6.09 Å². The van der Waals surface area contributed by atoms with Gasteiger partial charge in [0.1, 0.15) is 5.75 Å². The number of carbonyl (C=O) groups is 1. The average Bonchev–Trinajstić information content (AvgIpc) is 2.82. The number of hydrogen-bond donors (Lipinski definition) is 2. The van der Waals surface area contributed by atoms with Crippen LogP contribution in [-0.2, 0) is 0 Å². The van der Waals surface area contributed by atoms with Crippen molar-refractivity contribution in [3.8, 4) is 22.9 Å². The molecule has 0 saturated heterocycles. The van der Waals surface area contributed by atoms with Crippen LogP contribution in [0.15, 0.2) is 72.8 Å². The molecule has 0 aliphatic heterocycles. The fourth-order valence-electron chi connectivity index (χ4n) is 3.50. The molecule has 33 heavy (non-hydrogen) atoms. The number of ether oxygens (including phenoxy) is 1. The third kappa shape index (κ3) is 7.64. The van der Waals surface area contributed by atoms with Crippen molar-refractivity contribution in [3.05, 3.63) is 88.9 Å². The quantitative estimate of drug-likeness (QED) is 0.401. The summed E-state index contributed by atoms with van der Waals surface area (Å²) in [6, 6.07) is 25.1. The highest BCUT2D eigenvalue weighted by atomic mass is 35.5. The second-order valence-electron chi connectivity index (χ2n) is 8.13. The van der Waals surface area contributed by atoms with Gasteiger partial charge in [0.25, 0.3) is 0 Å². The third-order valence-electron chi connectivity index (χ3n) is 5.27. The molecule has 0 radical (unpaired) electrons. The Bertz CT molecular complexity index is 1090.